The van der Waals surface area contributed by atoms with E-state index in [0.29, 0.717) is 22.5 Å². The molecule has 1 atom stereocenters. The third-order valence-corrected chi connectivity index (χ3v) is 4.30. The van der Waals surface area contributed by atoms with E-state index in [4.69, 9.17) is 11.6 Å². The van der Waals surface area contributed by atoms with Gasteiger partial charge in [-0.25, -0.2) is 4.98 Å². The van der Waals surface area contributed by atoms with Crippen LogP contribution in [0.1, 0.15) is 50.2 Å². The van der Waals surface area contributed by atoms with Crippen LogP contribution in [0.15, 0.2) is 12.1 Å². The predicted octanol–water partition coefficient (Wildman–Crippen LogP) is 3.90. The highest BCUT2D eigenvalue weighted by Gasteiger charge is 2.18. The molecule has 1 rings (SSSR count). The number of aromatic nitrogens is 1. The minimum atomic E-state index is -0.132. The smallest absolute Gasteiger partial charge is 0.251 e. The summed E-state index contributed by atoms with van der Waals surface area (Å²) in [5, 5.41) is 3.84. The molecule has 0 aliphatic carbocycles. The average Bonchev–Trinajstić information content (AvgIpc) is 2.36. The third kappa shape index (κ3) is 5.33. The second kappa shape index (κ2) is 7.32. The first-order chi connectivity index (χ1) is 9.24. The van der Waals surface area contributed by atoms with Crippen LogP contribution in [0.4, 0.5) is 0 Å². The first kappa shape index (κ1) is 17.3. The fourth-order valence-corrected chi connectivity index (χ4v) is 2.18. The number of nitrogens with zero attached hydrogens (tertiary/aromatic N) is 1. The topological polar surface area (TPSA) is 42.0 Å². The van der Waals surface area contributed by atoms with Crippen LogP contribution in [0.25, 0.3) is 0 Å². The lowest BCUT2D eigenvalue weighted by molar-refractivity contribution is 0.0953. The molecule has 5 heteroatoms. The third-order valence-electron chi connectivity index (χ3n) is 3.06. The monoisotopic (exact) mass is 314 g/mol. The highest BCUT2D eigenvalue weighted by molar-refractivity contribution is 7.99. The Balaban J connectivity index is 2.76. The molecule has 0 aromatic carbocycles. The van der Waals surface area contributed by atoms with Crippen LogP contribution < -0.4 is 5.32 Å². The molecule has 112 valence electrons. The lowest BCUT2D eigenvalue weighted by atomic mass is 9.91. The maximum Gasteiger partial charge on any atom is 0.251 e. The number of pyridine rings is 1. The molecule has 1 heterocycles. The van der Waals surface area contributed by atoms with Gasteiger partial charge in [-0.2, -0.15) is 11.8 Å². The molecule has 1 amide bonds. The highest BCUT2D eigenvalue weighted by atomic mass is 35.5. The van der Waals surface area contributed by atoms with Crippen LogP contribution in [0, 0.1) is 0 Å². The second-order valence-corrected chi connectivity index (χ2v) is 7.57. The van der Waals surface area contributed by atoms with Gasteiger partial charge in [0, 0.05) is 28.5 Å². The maximum absolute atomic E-state index is 12.1. The van der Waals surface area contributed by atoms with Gasteiger partial charge in [0.15, 0.2) is 0 Å². The fraction of sp³-hybridized carbons (Fsp3) is 0.600. The minimum Gasteiger partial charge on any atom is -0.352 e. The van der Waals surface area contributed by atoms with Crippen molar-refractivity contribution in [2.45, 2.75) is 44.8 Å². The number of hydrogen-bond donors (Lipinski definition) is 1. The second-order valence-electron chi connectivity index (χ2n) is 5.90. The number of halogens is 1. The molecule has 0 fully saturated rings. The highest BCUT2D eigenvalue weighted by Crippen LogP contribution is 2.23. The van der Waals surface area contributed by atoms with E-state index in [2.05, 4.69) is 23.5 Å². The molecular formula is C15H23ClN2OS. The van der Waals surface area contributed by atoms with Crippen molar-refractivity contribution in [2.75, 3.05) is 12.8 Å². The molecule has 0 aliphatic rings. The summed E-state index contributed by atoms with van der Waals surface area (Å²) in [6, 6.07) is 3.43. The van der Waals surface area contributed by atoms with E-state index in [1.807, 2.05) is 26.8 Å². The summed E-state index contributed by atoms with van der Waals surface area (Å²) < 4.78 is 0. The van der Waals surface area contributed by atoms with Gasteiger partial charge in [-0.15, -0.1) is 0 Å². The van der Waals surface area contributed by atoms with Crippen LogP contribution in [-0.4, -0.2) is 28.9 Å². The number of rotatable bonds is 5. The molecule has 0 radical (unpaired) electrons. The molecule has 0 spiro atoms. The summed E-state index contributed by atoms with van der Waals surface area (Å²) >= 11 is 7.81. The van der Waals surface area contributed by atoms with Gasteiger partial charge in [-0.05, 0) is 24.8 Å². The van der Waals surface area contributed by atoms with Gasteiger partial charge in [-0.3, -0.25) is 4.79 Å². The molecule has 0 bridgehead atoms. The molecule has 3 nitrogen and oxygen atoms in total. The zero-order chi connectivity index (χ0) is 15.3. The Hall–Kier alpha value is -0.740. The summed E-state index contributed by atoms with van der Waals surface area (Å²) in [5.74, 6) is -0.0897. The van der Waals surface area contributed by atoms with Crippen molar-refractivity contribution in [3.05, 3.63) is 28.5 Å². The Morgan fingerprint density at radius 3 is 2.65 bits per heavy atom. The summed E-state index contributed by atoms with van der Waals surface area (Å²) in [6.45, 7) is 8.97. The Morgan fingerprint density at radius 2 is 2.10 bits per heavy atom. The molecule has 1 aromatic rings. The van der Waals surface area contributed by atoms with Gasteiger partial charge in [0.1, 0.15) is 5.15 Å². The zero-order valence-electron chi connectivity index (χ0n) is 12.8. The maximum atomic E-state index is 12.1. The number of carbonyl (C=O) groups is 1. The van der Waals surface area contributed by atoms with E-state index >= 15 is 0 Å². The minimum absolute atomic E-state index is 0.0897. The Bertz CT molecular complexity index is 471. The molecule has 0 aliphatic heterocycles. The Labute approximate surface area is 130 Å². The normalized spacial score (nSPS) is 13.1. The Morgan fingerprint density at radius 1 is 1.45 bits per heavy atom. The first-order valence-corrected chi connectivity index (χ1v) is 8.39. The van der Waals surface area contributed by atoms with Crippen LogP contribution in [0.3, 0.4) is 0 Å². The van der Waals surface area contributed by atoms with Crippen LogP contribution in [0.2, 0.25) is 5.15 Å². The van der Waals surface area contributed by atoms with Crippen molar-refractivity contribution in [2.24, 2.45) is 0 Å². The number of hydrogen-bond acceptors (Lipinski definition) is 3. The van der Waals surface area contributed by atoms with Gasteiger partial charge in [0.2, 0.25) is 0 Å². The van der Waals surface area contributed by atoms with Crippen molar-refractivity contribution >= 4 is 29.3 Å². The first-order valence-electron chi connectivity index (χ1n) is 6.73. The number of carbonyl (C=O) groups excluding carboxylic acids is 1. The summed E-state index contributed by atoms with van der Waals surface area (Å²) in [5.41, 5.74) is 1.27. The molecular weight excluding hydrogens is 292 g/mol. The fourth-order valence-electron chi connectivity index (χ4n) is 1.62. The molecule has 1 aromatic heterocycles. The molecule has 1 unspecified atom stereocenters. The van der Waals surface area contributed by atoms with Crippen molar-refractivity contribution in [3.63, 3.8) is 0 Å². The number of thioether (sulfide) groups is 1. The van der Waals surface area contributed by atoms with Crippen molar-refractivity contribution in [3.8, 4) is 0 Å². The zero-order valence-corrected chi connectivity index (χ0v) is 14.4. The molecule has 0 saturated heterocycles. The lowest BCUT2D eigenvalue weighted by Crippen LogP contribution is -2.26. The predicted molar refractivity (Wildman–Crippen MR) is 87.9 cm³/mol. The van der Waals surface area contributed by atoms with Gasteiger partial charge in [0.25, 0.3) is 5.91 Å². The van der Waals surface area contributed by atoms with Crippen LogP contribution in [0.5, 0.6) is 0 Å². The van der Waals surface area contributed by atoms with E-state index in [-0.39, 0.29) is 11.3 Å². The molecule has 0 saturated carbocycles. The largest absolute Gasteiger partial charge is 0.352 e. The van der Waals surface area contributed by atoms with E-state index in [0.717, 1.165) is 12.1 Å². The summed E-state index contributed by atoms with van der Waals surface area (Å²) in [4.78, 5) is 16.4. The molecule has 1 N–H and O–H groups in total. The van der Waals surface area contributed by atoms with Crippen molar-refractivity contribution in [1.29, 1.82) is 0 Å². The standard InChI is InChI=1S/C15H23ClN2OS/c1-10(20-5)6-7-17-14(19)11-8-12(15(2,3)4)18-13(16)9-11/h8-10H,6-7H2,1-5H3,(H,17,19). The van der Waals surface area contributed by atoms with Gasteiger partial charge in [-0.1, -0.05) is 39.3 Å². The van der Waals surface area contributed by atoms with E-state index < -0.39 is 0 Å². The van der Waals surface area contributed by atoms with Gasteiger partial charge >= 0.3 is 0 Å². The Kier molecular flexibility index (Phi) is 6.34. The average molecular weight is 315 g/mol. The van der Waals surface area contributed by atoms with Crippen molar-refractivity contribution < 1.29 is 4.79 Å². The summed E-state index contributed by atoms with van der Waals surface area (Å²) in [7, 11) is 0. The SMILES string of the molecule is CSC(C)CCNC(=O)c1cc(Cl)nc(C(C)(C)C)c1. The quantitative estimate of drug-likeness (QED) is 0.838. The number of nitrogens with one attached hydrogen (secondary N) is 1. The van der Waals surface area contributed by atoms with Crippen LogP contribution >= 0.6 is 23.4 Å². The lowest BCUT2D eigenvalue weighted by Gasteiger charge is -2.18. The van der Waals surface area contributed by atoms with Gasteiger partial charge in [0.05, 0.1) is 0 Å². The molecule has 20 heavy (non-hydrogen) atoms. The van der Waals surface area contributed by atoms with E-state index in [1.165, 1.54) is 0 Å². The number of amides is 1. The van der Waals surface area contributed by atoms with Crippen molar-refractivity contribution in [1.82, 2.24) is 10.3 Å². The summed E-state index contributed by atoms with van der Waals surface area (Å²) in [6.07, 6.45) is 3.03. The van der Waals surface area contributed by atoms with E-state index in [9.17, 15) is 4.79 Å². The van der Waals surface area contributed by atoms with Crippen LogP contribution in [-0.2, 0) is 5.41 Å². The van der Waals surface area contributed by atoms with Gasteiger partial charge < -0.3 is 5.32 Å². The van der Waals surface area contributed by atoms with E-state index in [1.54, 1.807) is 17.8 Å².